The molecule has 0 spiro atoms. The van der Waals surface area contributed by atoms with Crippen molar-refractivity contribution in [2.45, 2.75) is 19.4 Å². The minimum absolute atomic E-state index is 0.293. The maximum atomic E-state index is 9.16. The number of nitrogens with zero attached hydrogens (tertiary/aromatic N) is 2. The monoisotopic (exact) mass is 221 g/mol. The van der Waals surface area contributed by atoms with Crippen LogP contribution in [-0.2, 0) is 6.54 Å². The normalized spacial score (nSPS) is 22.2. The third kappa shape index (κ3) is 2.93. The van der Waals surface area contributed by atoms with E-state index in [1.165, 1.54) is 0 Å². The molecule has 0 saturated carbocycles. The highest BCUT2D eigenvalue weighted by molar-refractivity contribution is 5.37. The van der Waals surface area contributed by atoms with Crippen LogP contribution < -0.4 is 5.73 Å². The van der Waals surface area contributed by atoms with Crippen LogP contribution in [0.5, 0.6) is 0 Å². The van der Waals surface area contributed by atoms with Crippen molar-refractivity contribution in [3.05, 3.63) is 24.0 Å². The zero-order valence-corrected chi connectivity index (χ0v) is 9.47. The molecule has 3 N–H and O–H groups in total. The van der Waals surface area contributed by atoms with Gasteiger partial charge in [-0.1, -0.05) is 0 Å². The lowest BCUT2D eigenvalue weighted by atomic mass is 9.99. The molecular formula is C12H19N3O. The van der Waals surface area contributed by atoms with Crippen molar-refractivity contribution in [3.63, 3.8) is 0 Å². The van der Waals surface area contributed by atoms with Gasteiger partial charge in [-0.15, -0.1) is 0 Å². The van der Waals surface area contributed by atoms with Crippen LogP contribution in [0.2, 0.25) is 0 Å². The third-order valence-electron chi connectivity index (χ3n) is 3.09. The highest BCUT2D eigenvalue weighted by Gasteiger charge is 2.19. The largest absolute Gasteiger partial charge is 0.399 e. The number of rotatable bonds is 3. The number of nitrogens with two attached hydrogens (primary N) is 1. The average molecular weight is 221 g/mol. The number of aromatic nitrogens is 1. The van der Waals surface area contributed by atoms with Crippen molar-refractivity contribution in [1.29, 1.82) is 0 Å². The summed E-state index contributed by atoms with van der Waals surface area (Å²) in [5.74, 6) is 0.426. The van der Waals surface area contributed by atoms with Gasteiger partial charge in [0.05, 0.1) is 5.69 Å². The fraction of sp³-hybridized carbons (Fsp3) is 0.583. The molecule has 2 rings (SSSR count). The molecule has 1 fully saturated rings. The van der Waals surface area contributed by atoms with Crippen LogP contribution >= 0.6 is 0 Å². The summed E-state index contributed by atoms with van der Waals surface area (Å²) in [7, 11) is 0. The zero-order valence-electron chi connectivity index (χ0n) is 9.47. The van der Waals surface area contributed by atoms with E-state index in [9.17, 15) is 0 Å². The maximum Gasteiger partial charge on any atom is 0.0564 e. The van der Waals surface area contributed by atoms with Crippen molar-refractivity contribution in [3.8, 4) is 0 Å². The lowest BCUT2D eigenvalue weighted by molar-refractivity contribution is 0.115. The van der Waals surface area contributed by atoms with E-state index in [0.29, 0.717) is 12.5 Å². The van der Waals surface area contributed by atoms with Crippen LogP contribution in [0, 0.1) is 5.92 Å². The van der Waals surface area contributed by atoms with Crippen LogP contribution in [0.3, 0.4) is 0 Å². The minimum atomic E-state index is 0.293. The second kappa shape index (κ2) is 5.27. The Kier molecular flexibility index (Phi) is 3.74. The lowest BCUT2D eigenvalue weighted by Crippen LogP contribution is -2.36. The van der Waals surface area contributed by atoms with Crippen LogP contribution in [-0.4, -0.2) is 34.7 Å². The molecule has 1 aromatic heterocycles. The van der Waals surface area contributed by atoms with Crippen molar-refractivity contribution in [1.82, 2.24) is 9.88 Å². The molecule has 0 aliphatic carbocycles. The van der Waals surface area contributed by atoms with E-state index in [0.717, 1.165) is 43.9 Å². The molecule has 0 amide bonds. The summed E-state index contributed by atoms with van der Waals surface area (Å²) in [6, 6.07) is 3.72. The molecular weight excluding hydrogens is 202 g/mol. The predicted octanol–water partition coefficient (Wildman–Crippen LogP) is 0.868. The molecule has 0 bridgehead atoms. The number of anilines is 1. The predicted molar refractivity (Wildman–Crippen MR) is 63.7 cm³/mol. The molecule has 88 valence electrons. The van der Waals surface area contributed by atoms with Gasteiger partial charge in [-0.2, -0.15) is 0 Å². The summed E-state index contributed by atoms with van der Waals surface area (Å²) in [6.07, 6.45) is 4.04. The molecule has 4 heteroatoms. The number of nitrogen functional groups attached to an aromatic ring is 1. The molecule has 1 unspecified atom stereocenters. The number of hydrogen-bond acceptors (Lipinski definition) is 4. The van der Waals surface area contributed by atoms with Gasteiger partial charge in [0.25, 0.3) is 0 Å². The van der Waals surface area contributed by atoms with E-state index in [1.807, 2.05) is 6.07 Å². The first kappa shape index (κ1) is 11.4. The van der Waals surface area contributed by atoms with E-state index >= 15 is 0 Å². The van der Waals surface area contributed by atoms with Gasteiger partial charge in [-0.05, 0) is 37.4 Å². The Morgan fingerprint density at radius 1 is 1.56 bits per heavy atom. The molecule has 1 aliphatic heterocycles. The molecule has 1 saturated heterocycles. The Hall–Kier alpha value is -1.13. The van der Waals surface area contributed by atoms with Gasteiger partial charge in [0.15, 0.2) is 0 Å². The van der Waals surface area contributed by atoms with Crippen molar-refractivity contribution >= 4 is 5.69 Å². The van der Waals surface area contributed by atoms with E-state index in [2.05, 4.69) is 9.88 Å². The summed E-state index contributed by atoms with van der Waals surface area (Å²) in [6.45, 7) is 3.18. The fourth-order valence-electron chi connectivity index (χ4n) is 2.26. The topological polar surface area (TPSA) is 62.4 Å². The van der Waals surface area contributed by atoms with Crippen LogP contribution in [0.15, 0.2) is 18.3 Å². The highest BCUT2D eigenvalue weighted by atomic mass is 16.3. The Morgan fingerprint density at radius 3 is 3.19 bits per heavy atom. The first-order chi connectivity index (χ1) is 7.78. The van der Waals surface area contributed by atoms with Crippen LogP contribution in [0.1, 0.15) is 18.5 Å². The fourth-order valence-corrected chi connectivity index (χ4v) is 2.26. The summed E-state index contributed by atoms with van der Waals surface area (Å²) < 4.78 is 0. The van der Waals surface area contributed by atoms with E-state index < -0.39 is 0 Å². The van der Waals surface area contributed by atoms with Gasteiger partial charge < -0.3 is 10.8 Å². The number of aliphatic hydroxyl groups is 1. The first-order valence-corrected chi connectivity index (χ1v) is 5.81. The summed E-state index contributed by atoms with van der Waals surface area (Å²) in [4.78, 5) is 6.64. The van der Waals surface area contributed by atoms with Gasteiger partial charge in [0.1, 0.15) is 0 Å². The quantitative estimate of drug-likeness (QED) is 0.795. The van der Waals surface area contributed by atoms with E-state index in [4.69, 9.17) is 10.8 Å². The van der Waals surface area contributed by atoms with Gasteiger partial charge in [-0.3, -0.25) is 9.88 Å². The number of likely N-dealkylation sites (tertiary alicyclic amines) is 1. The number of aliphatic hydroxyl groups excluding tert-OH is 1. The molecule has 4 nitrogen and oxygen atoms in total. The molecule has 1 aromatic rings. The summed E-state index contributed by atoms with van der Waals surface area (Å²) >= 11 is 0. The smallest absolute Gasteiger partial charge is 0.0564 e. The molecule has 0 radical (unpaired) electrons. The Labute approximate surface area is 96.1 Å². The molecule has 16 heavy (non-hydrogen) atoms. The van der Waals surface area contributed by atoms with Crippen molar-refractivity contribution in [2.75, 3.05) is 25.4 Å². The zero-order chi connectivity index (χ0) is 11.4. The van der Waals surface area contributed by atoms with Crippen molar-refractivity contribution < 1.29 is 5.11 Å². The molecule has 1 aliphatic rings. The number of hydrogen-bond donors (Lipinski definition) is 2. The van der Waals surface area contributed by atoms with Gasteiger partial charge >= 0.3 is 0 Å². The number of pyridine rings is 1. The lowest BCUT2D eigenvalue weighted by Gasteiger charge is -2.31. The van der Waals surface area contributed by atoms with Gasteiger partial charge in [-0.25, -0.2) is 0 Å². The summed E-state index contributed by atoms with van der Waals surface area (Å²) in [5.41, 5.74) is 7.50. The minimum Gasteiger partial charge on any atom is -0.399 e. The third-order valence-corrected chi connectivity index (χ3v) is 3.09. The Morgan fingerprint density at radius 2 is 2.44 bits per heavy atom. The number of piperidine rings is 1. The summed E-state index contributed by atoms with van der Waals surface area (Å²) in [5, 5.41) is 9.16. The molecule has 2 heterocycles. The molecule has 1 atom stereocenters. The van der Waals surface area contributed by atoms with Gasteiger partial charge in [0.2, 0.25) is 0 Å². The standard InChI is InChI=1S/C12H19N3O/c13-11-3-4-14-12(6-11)8-15-5-1-2-10(7-15)9-16/h3-4,6,10,16H,1-2,5,7-9H2,(H2,13,14). The van der Waals surface area contributed by atoms with Crippen LogP contribution in [0.25, 0.3) is 0 Å². The Bertz CT molecular complexity index is 343. The second-order valence-corrected chi connectivity index (χ2v) is 4.51. The second-order valence-electron chi connectivity index (χ2n) is 4.51. The average Bonchev–Trinajstić information content (AvgIpc) is 2.29. The molecule has 0 aromatic carbocycles. The first-order valence-electron chi connectivity index (χ1n) is 5.81. The Balaban J connectivity index is 1.94. The highest BCUT2D eigenvalue weighted by Crippen LogP contribution is 2.17. The van der Waals surface area contributed by atoms with E-state index in [1.54, 1.807) is 12.3 Å². The van der Waals surface area contributed by atoms with E-state index in [-0.39, 0.29) is 0 Å². The van der Waals surface area contributed by atoms with Gasteiger partial charge in [0, 0.05) is 31.6 Å². The maximum absolute atomic E-state index is 9.16. The SMILES string of the molecule is Nc1ccnc(CN2CCCC(CO)C2)c1. The van der Waals surface area contributed by atoms with Crippen LogP contribution in [0.4, 0.5) is 5.69 Å². The van der Waals surface area contributed by atoms with Crippen molar-refractivity contribution in [2.24, 2.45) is 5.92 Å².